The summed E-state index contributed by atoms with van der Waals surface area (Å²) in [5, 5.41) is -1.05. The van der Waals surface area contributed by atoms with Gasteiger partial charge in [0, 0.05) is 37.9 Å². The molecule has 0 saturated carbocycles. The van der Waals surface area contributed by atoms with Gasteiger partial charge in [0.05, 0.1) is 21.7 Å². The van der Waals surface area contributed by atoms with Gasteiger partial charge in [-0.1, -0.05) is 12.1 Å². The largest absolute Gasteiger partial charge is 0.369 e. The zero-order valence-corrected chi connectivity index (χ0v) is 20.2. The maximum Gasteiger partial charge on any atom is 0.183 e. The van der Waals surface area contributed by atoms with Gasteiger partial charge in [0.2, 0.25) is 0 Å². The number of sulfone groups is 2. The Kier molecular flexibility index (Phi) is 6.11. The number of nitrogens with zero attached hydrogens (tertiary/aromatic N) is 2. The summed E-state index contributed by atoms with van der Waals surface area (Å²) in [6.45, 7) is 8.24. The maximum absolute atomic E-state index is 13.7. The summed E-state index contributed by atoms with van der Waals surface area (Å²) in [5.74, 6) is -1.05. The van der Waals surface area contributed by atoms with Crippen molar-refractivity contribution in [3.05, 3.63) is 58.9 Å². The molecule has 0 unspecified atom stereocenters. The van der Waals surface area contributed by atoms with Crippen LogP contribution in [0.4, 0.5) is 10.1 Å². The van der Waals surface area contributed by atoms with Crippen LogP contribution in [0.3, 0.4) is 0 Å². The number of aryl methyl sites for hydroxylation is 2. The van der Waals surface area contributed by atoms with Gasteiger partial charge < -0.3 is 4.90 Å². The molecule has 0 N–H and O–H groups in total. The van der Waals surface area contributed by atoms with Gasteiger partial charge in [-0.15, -0.1) is 0 Å². The van der Waals surface area contributed by atoms with Crippen molar-refractivity contribution in [3.8, 4) is 0 Å². The summed E-state index contributed by atoms with van der Waals surface area (Å²) in [6, 6.07) is 9.25. The van der Waals surface area contributed by atoms with Gasteiger partial charge in [0.1, 0.15) is 5.82 Å². The highest BCUT2D eigenvalue weighted by Gasteiger charge is 2.48. The Morgan fingerprint density at radius 2 is 1.62 bits per heavy atom. The van der Waals surface area contributed by atoms with E-state index in [1.165, 1.54) is 30.2 Å². The van der Waals surface area contributed by atoms with Gasteiger partial charge in [-0.3, -0.25) is 4.90 Å². The Morgan fingerprint density at radius 1 is 0.938 bits per heavy atom. The summed E-state index contributed by atoms with van der Waals surface area (Å²) < 4.78 is 65.4. The monoisotopic (exact) mass is 480 g/mol. The Labute approximate surface area is 189 Å². The molecule has 0 radical (unpaired) electrons. The number of anilines is 1. The molecule has 2 aliphatic heterocycles. The normalized spacial score (nSPS) is 24.1. The second kappa shape index (κ2) is 8.43. The van der Waals surface area contributed by atoms with Crippen LogP contribution in [0.15, 0.2) is 41.3 Å². The van der Waals surface area contributed by atoms with Crippen LogP contribution in [0.2, 0.25) is 0 Å². The van der Waals surface area contributed by atoms with Gasteiger partial charge >= 0.3 is 0 Å². The molecule has 0 amide bonds. The first-order valence-electron chi connectivity index (χ1n) is 10.8. The zero-order valence-electron chi connectivity index (χ0n) is 18.6. The van der Waals surface area contributed by atoms with Gasteiger partial charge in [-0.2, -0.15) is 0 Å². The van der Waals surface area contributed by atoms with Crippen LogP contribution in [0.1, 0.15) is 16.7 Å². The molecule has 174 valence electrons. The summed E-state index contributed by atoms with van der Waals surface area (Å²) in [4.78, 5) is 4.26. The maximum atomic E-state index is 13.7. The highest BCUT2D eigenvalue weighted by Crippen LogP contribution is 2.31. The fraction of sp³-hybridized carbons (Fsp3) is 0.478. The van der Waals surface area contributed by atoms with Crippen molar-refractivity contribution in [3.63, 3.8) is 0 Å². The Balaban J connectivity index is 1.57. The third-order valence-electron chi connectivity index (χ3n) is 6.83. The number of rotatable bonds is 4. The van der Waals surface area contributed by atoms with E-state index in [-0.39, 0.29) is 16.2 Å². The Morgan fingerprint density at radius 3 is 2.28 bits per heavy atom. The summed E-state index contributed by atoms with van der Waals surface area (Å²) in [6.07, 6.45) is 0. The number of hydrogen-bond acceptors (Lipinski definition) is 6. The first-order valence-corrected chi connectivity index (χ1v) is 14.1. The Hall–Kier alpha value is -1.97. The molecular weight excluding hydrogens is 451 g/mol. The van der Waals surface area contributed by atoms with E-state index < -0.39 is 42.5 Å². The number of halogens is 1. The molecule has 2 atom stereocenters. The molecule has 2 fully saturated rings. The molecular formula is C23H29FN2O4S2. The second-order valence-electron chi connectivity index (χ2n) is 8.88. The molecule has 0 aromatic heterocycles. The quantitative estimate of drug-likeness (QED) is 0.626. The number of benzene rings is 2. The highest BCUT2D eigenvalue weighted by molar-refractivity contribution is 7.96. The van der Waals surface area contributed by atoms with Gasteiger partial charge in [0.25, 0.3) is 0 Å². The van der Waals surface area contributed by atoms with Crippen LogP contribution in [0.5, 0.6) is 0 Å². The minimum atomic E-state index is -3.93. The number of piperazine rings is 1. The van der Waals surface area contributed by atoms with Crippen molar-refractivity contribution >= 4 is 25.4 Å². The lowest BCUT2D eigenvalue weighted by molar-refractivity contribution is 0.201. The molecule has 2 aliphatic rings. The Bertz CT molecular complexity index is 1240. The van der Waals surface area contributed by atoms with Crippen molar-refractivity contribution in [2.45, 2.75) is 37.0 Å². The molecule has 0 aliphatic carbocycles. The number of hydrogen-bond donors (Lipinski definition) is 0. The molecule has 9 heteroatoms. The van der Waals surface area contributed by atoms with Crippen LogP contribution < -0.4 is 4.90 Å². The first-order chi connectivity index (χ1) is 15.0. The van der Waals surface area contributed by atoms with Crippen LogP contribution in [-0.2, 0) is 19.7 Å². The van der Waals surface area contributed by atoms with E-state index in [2.05, 4.69) is 30.9 Å². The lowest BCUT2D eigenvalue weighted by atomic mass is 10.1. The molecule has 2 saturated heterocycles. The van der Waals surface area contributed by atoms with E-state index in [9.17, 15) is 21.2 Å². The van der Waals surface area contributed by atoms with Crippen LogP contribution >= 0.6 is 0 Å². The molecule has 2 aromatic rings. The SMILES string of the molecule is Cc1cc(S(=O)(=O)[C@@H]2CS(=O)(=O)C[C@H]2N2CCN(c3cccc(C)c3C)CC2)ccc1F. The summed E-state index contributed by atoms with van der Waals surface area (Å²) >= 11 is 0. The van der Waals surface area contributed by atoms with Gasteiger partial charge in [-0.05, 0) is 61.7 Å². The predicted molar refractivity (Wildman–Crippen MR) is 124 cm³/mol. The minimum Gasteiger partial charge on any atom is -0.369 e. The lowest BCUT2D eigenvalue weighted by Gasteiger charge is -2.40. The first kappa shape index (κ1) is 23.2. The van der Waals surface area contributed by atoms with E-state index in [4.69, 9.17) is 0 Å². The van der Waals surface area contributed by atoms with E-state index in [0.29, 0.717) is 26.2 Å². The molecule has 2 heterocycles. The predicted octanol–water partition coefficient (Wildman–Crippen LogP) is 2.51. The van der Waals surface area contributed by atoms with Gasteiger partial charge in [0.15, 0.2) is 19.7 Å². The standard InChI is InChI=1S/C23H29FN2O4S2/c1-16-5-4-6-21(18(16)3)25-9-11-26(12-10-25)22-14-31(27,28)15-23(22)32(29,30)19-7-8-20(24)17(2)13-19/h4-8,13,22-23H,9-12,14-15H2,1-3H3/t22-,23-/m1/s1. The van der Waals surface area contributed by atoms with Crippen LogP contribution in [0.25, 0.3) is 0 Å². The van der Waals surface area contributed by atoms with Crippen molar-refractivity contribution in [1.29, 1.82) is 0 Å². The average molecular weight is 481 g/mol. The molecule has 0 spiro atoms. The molecule has 6 nitrogen and oxygen atoms in total. The molecule has 2 aromatic carbocycles. The molecule has 32 heavy (non-hydrogen) atoms. The van der Waals surface area contributed by atoms with Crippen molar-refractivity contribution in [2.24, 2.45) is 0 Å². The third kappa shape index (κ3) is 4.30. The van der Waals surface area contributed by atoms with Crippen molar-refractivity contribution in [1.82, 2.24) is 4.90 Å². The van der Waals surface area contributed by atoms with E-state index in [1.54, 1.807) is 0 Å². The van der Waals surface area contributed by atoms with E-state index in [0.717, 1.165) is 11.8 Å². The molecule has 0 bridgehead atoms. The van der Waals surface area contributed by atoms with E-state index in [1.807, 2.05) is 11.0 Å². The lowest BCUT2D eigenvalue weighted by Crippen LogP contribution is -2.55. The fourth-order valence-corrected chi connectivity index (χ4v) is 9.69. The topological polar surface area (TPSA) is 74.8 Å². The highest BCUT2D eigenvalue weighted by atomic mass is 32.2. The third-order valence-corrected chi connectivity index (χ3v) is 10.9. The van der Waals surface area contributed by atoms with Crippen LogP contribution in [-0.4, -0.2) is 70.7 Å². The molecule has 4 rings (SSSR count). The zero-order chi connectivity index (χ0) is 23.3. The summed E-state index contributed by atoms with van der Waals surface area (Å²) in [7, 11) is -7.42. The fourth-order valence-electron chi connectivity index (χ4n) is 4.78. The second-order valence-corrected chi connectivity index (χ2v) is 13.2. The minimum absolute atomic E-state index is 0.0162. The van der Waals surface area contributed by atoms with Crippen molar-refractivity contribution < 1.29 is 21.2 Å². The van der Waals surface area contributed by atoms with E-state index >= 15 is 0 Å². The van der Waals surface area contributed by atoms with Crippen molar-refractivity contribution in [2.75, 3.05) is 42.6 Å². The smallest absolute Gasteiger partial charge is 0.183 e. The van der Waals surface area contributed by atoms with Gasteiger partial charge in [-0.25, -0.2) is 21.2 Å². The average Bonchev–Trinajstić information content (AvgIpc) is 3.08. The summed E-state index contributed by atoms with van der Waals surface area (Å²) in [5.41, 5.74) is 3.82. The van der Waals surface area contributed by atoms with Crippen LogP contribution in [0, 0.1) is 26.6 Å².